The molecular formula is C35H39N7O2. The van der Waals surface area contributed by atoms with Crippen molar-refractivity contribution in [1.29, 1.82) is 0 Å². The number of carbonyl (C=O) groups excluding carboxylic acids is 2. The molecule has 0 aliphatic carbocycles. The Balaban J connectivity index is 1.27. The number of Topliss-reactive ketones (excluding diaryl/α,β-unsaturated/α-hetero) is 1. The van der Waals surface area contributed by atoms with Crippen molar-refractivity contribution in [2.75, 3.05) is 23.7 Å². The Labute approximate surface area is 257 Å². The molecule has 1 unspecified atom stereocenters. The summed E-state index contributed by atoms with van der Waals surface area (Å²) in [7, 11) is 0. The van der Waals surface area contributed by atoms with Crippen LogP contribution in [0.5, 0.6) is 0 Å². The van der Waals surface area contributed by atoms with Gasteiger partial charge in [0.25, 0.3) is 0 Å². The molecule has 0 bridgehead atoms. The van der Waals surface area contributed by atoms with Gasteiger partial charge in [0, 0.05) is 22.6 Å². The van der Waals surface area contributed by atoms with E-state index in [1.165, 1.54) is 0 Å². The summed E-state index contributed by atoms with van der Waals surface area (Å²) in [5.41, 5.74) is 5.45. The third-order valence-electron chi connectivity index (χ3n) is 8.35. The first-order chi connectivity index (χ1) is 21.2. The number of anilines is 2. The second kappa shape index (κ2) is 12.1. The SMILES string of the molecule is Cc1ccc(-n2nc(C(C)(C)C)cc2NC(=O)Nc2cccc(C(C(=O)c3[nH]nc4ccccc34)C3CCNCC3)c2)cc1. The predicted octanol–water partition coefficient (Wildman–Crippen LogP) is 6.96. The molecule has 4 N–H and O–H groups in total. The highest BCUT2D eigenvalue weighted by Gasteiger charge is 2.33. The molecule has 1 aliphatic heterocycles. The van der Waals surface area contributed by atoms with Gasteiger partial charge in [-0.1, -0.05) is 68.8 Å². The molecule has 3 aromatic carbocycles. The van der Waals surface area contributed by atoms with E-state index in [0.29, 0.717) is 17.2 Å². The first kappa shape index (κ1) is 29.3. The van der Waals surface area contributed by atoms with Crippen molar-refractivity contribution in [2.45, 2.75) is 51.9 Å². The number of aryl methyl sites for hydroxylation is 1. The van der Waals surface area contributed by atoms with Gasteiger partial charge in [-0.2, -0.15) is 10.2 Å². The molecule has 1 saturated heterocycles. The Hall–Kier alpha value is -4.76. The number of aromatic nitrogens is 4. The van der Waals surface area contributed by atoms with Crippen LogP contribution in [-0.2, 0) is 5.41 Å². The number of hydrogen-bond acceptors (Lipinski definition) is 5. The van der Waals surface area contributed by atoms with E-state index in [-0.39, 0.29) is 29.1 Å². The molecule has 1 atom stereocenters. The predicted molar refractivity (Wildman–Crippen MR) is 175 cm³/mol. The van der Waals surface area contributed by atoms with Gasteiger partial charge in [-0.25, -0.2) is 9.48 Å². The minimum absolute atomic E-state index is 0.0175. The van der Waals surface area contributed by atoms with E-state index >= 15 is 0 Å². The molecule has 2 aromatic heterocycles. The van der Waals surface area contributed by atoms with Crippen LogP contribution in [0.2, 0.25) is 0 Å². The number of rotatable bonds is 7. The molecule has 0 saturated carbocycles. The Morgan fingerprint density at radius 2 is 1.68 bits per heavy atom. The highest BCUT2D eigenvalue weighted by atomic mass is 16.2. The standard InChI is InChI=1S/C35H39N7O2/c1-22-12-14-26(15-13-22)42-30(21-29(41-42)35(2,3)4)38-34(44)37-25-9-7-8-24(20-25)31(23-16-18-36-19-17-23)33(43)32-27-10-5-6-11-28(27)39-40-32/h5-15,20-21,23,31,36H,16-19H2,1-4H3,(H,39,40)(H2,37,38,44). The molecule has 44 heavy (non-hydrogen) atoms. The molecule has 9 nitrogen and oxygen atoms in total. The van der Waals surface area contributed by atoms with Crippen LogP contribution in [0.3, 0.4) is 0 Å². The second-order valence-electron chi connectivity index (χ2n) is 12.7. The van der Waals surface area contributed by atoms with Crippen LogP contribution >= 0.6 is 0 Å². The number of benzene rings is 3. The van der Waals surface area contributed by atoms with Gasteiger partial charge in [0.05, 0.1) is 22.8 Å². The van der Waals surface area contributed by atoms with Gasteiger partial charge in [-0.15, -0.1) is 0 Å². The molecule has 1 fully saturated rings. The number of nitrogens with zero attached hydrogens (tertiary/aromatic N) is 3. The van der Waals surface area contributed by atoms with Crippen LogP contribution in [0.4, 0.5) is 16.3 Å². The van der Waals surface area contributed by atoms with Crippen molar-refractivity contribution in [2.24, 2.45) is 5.92 Å². The summed E-state index contributed by atoms with van der Waals surface area (Å²) in [6.07, 6.45) is 1.78. The number of fused-ring (bicyclic) bond motifs is 1. The number of piperidine rings is 1. The van der Waals surface area contributed by atoms with Gasteiger partial charge in [0.1, 0.15) is 11.5 Å². The fourth-order valence-electron chi connectivity index (χ4n) is 5.93. The van der Waals surface area contributed by atoms with Crippen LogP contribution < -0.4 is 16.0 Å². The summed E-state index contributed by atoms with van der Waals surface area (Å²) < 4.78 is 1.76. The van der Waals surface area contributed by atoms with E-state index < -0.39 is 0 Å². The monoisotopic (exact) mass is 589 g/mol. The third kappa shape index (κ3) is 6.14. The van der Waals surface area contributed by atoms with Gasteiger partial charge >= 0.3 is 6.03 Å². The normalized spacial score (nSPS) is 14.8. The second-order valence-corrected chi connectivity index (χ2v) is 12.7. The van der Waals surface area contributed by atoms with E-state index in [1.54, 1.807) is 4.68 Å². The number of amides is 2. The van der Waals surface area contributed by atoms with Crippen LogP contribution in [0.15, 0.2) is 78.9 Å². The van der Waals surface area contributed by atoms with Crippen molar-refractivity contribution in [3.8, 4) is 5.69 Å². The minimum atomic E-state index is -0.389. The highest BCUT2D eigenvalue weighted by molar-refractivity contribution is 6.09. The summed E-state index contributed by atoms with van der Waals surface area (Å²) >= 11 is 0. The van der Waals surface area contributed by atoms with Gasteiger partial charge in [-0.3, -0.25) is 15.2 Å². The molecule has 9 heteroatoms. The zero-order valence-corrected chi connectivity index (χ0v) is 25.6. The number of nitrogens with one attached hydrogen (secondary N) is 4. The Morgan fingerprint density at radius 3 is 2.43 bits per heavy atom. The number of para-hydroxylation sites is 1. The van der Waals surface area contributed by atoms with E-state index in [2.05, 4.69) is 46.9 Å². The lowest BCUT2D eigenvalue weighted by Gasteiger charge is -2.30. The maximum absolute atomic E-state index is 14.2. The third-order valence-corrected chi connectivity index (χ3v) is 8.35. The van der Waals surface area contributed by atoms with Gasteiger partial charge < -0.3 is 10.6 Å². The first-order valence-corrected chi connectivity index (χ1v) is 15.2. The summed E-state index contributed by atoms with van der Waals surface area (Å²) in [6, 6.07) is 24.9. The maximum atomic E-state index is 14.2. The zero-order valence-electron chi connectivity index (χ0n) is 25.6. The number of urea groups is 1. The molecule has 0 spiro atoms. The van der Waals surface area contributed by atoms with Gasteiger partial charge in [0.15, 0.2) is 5.78 Å². The zero-order chi connectivity index (χ0) is 30.8. The molecule has 5 aromatic rings. The van der Waals surface area contributed by atoms with Crippen LogP contribution in [0.25, 0.3) is 16.6 Å². The minimum Gasteiger partial charge on any atom is -0.317 e. The Kier molecular flexibility index (Phi) is 8.05. The Bertz CT molecular complexity index is 1790. The topological polar surface area (TPSA) is 117 Å². The first-order valence-electron chi connectivity index (χ1n) is 15.2. The lowest BCUT2D eigenvalue weighted by molar-refractivity contribution is 0.0912. The highest BCUT2D eigenvalue weighted by Crippen LogP contribution is 2.36. The van der Waals surface area contributed by atoms with Crippen LogP contribution in [-0.4, -0.2) is 44.9 Å². The quantitative estimate of drug-likeness (QED) is 0.153. The molecule has 1 aliphatic rings. The summed E-state index contributed by atoms with van der Waals surface area (Å²) in [4.78, 5) is 27.5. The van der Waals surface area contributed by atoms with E-state index in [0.717, 1.165) is 59.3 Å². The number of H-pyrrole nitrogens is 1. The Morgan fingerprint density at radius 1 is 0.932 bits per heavy atom. The molecule has 6 rings (SSSR count). The van der Waals surface area contributed by atoms with Crippen molar-refractivity contribution in [1.82, 2.24) is 25.3 Å². The number of aromatic amines is 1. The van der Waals surface area contributed by atoms with Crippen molar-refractivity contribution in [3.63, 3.8) is 0 Å². The number of ketones is 1. The largest absolute Gasteiger partial charge is 0.324 e. The van der Waals surface area contributed by atoms with Crippen LogP contribution in [0.1, 0.15) is 66.8 Å². The van der Waals surface area contributed by atoms with Crippen LogP contribution in [0, 0.1) is 12.8 Å². The molecule has 3 heterocycles. The van der Waals surface area contributed by atoms with E-state index in [9.17, 15) is 9.59 Å². The molecule has 2 amide bonds. The average molecular weight is 590 g/mol. The summed E-state index contributed by atoms with van der Waals surface area (Å²) in [5, 5.41) is 22.4. The number of carbonyl (C=O) groups is 2. The average Bonchev–Trinajstić information content (AvgIpc) is 3.63. The summed E-state index contributed by atoms with van der Waals surface area (Å²) in [6.45, 7) is 10.0. The number of hydrogen-bond donors (Lipinski definition) is 4. The fraction of sp³-hybridized carbons (Fsp3) is 0.314. The fourth-order valence-corrected chi connectivity index (χ4v) is 5.93. The van der Waals surface area contributed by atoms with E-state index in [1.807, 2.05) is 85.8 Å². The summed E-state index contributed by atoms with van der Waals surface area (Å²) in [5.74, 6) is 0.378. The van der Waals surface area contributed by atoms with Gasteiger partial charge in [0.2, 0.25) is 0 Å². The lowest BCUT2D eigenvalue weighted by Crippen LogP contribution is -2.34. The molecule has 226 valence electrons. The van der Waals surface area contributed by atoms with Gasteiger partial charge in [-0.05, 0) is 74.7 Å². The lowest BCUT2D eigenvalue weighted by atomic mass is 9.77. The molecular weight excluding hydrogens is 550 g/mol. The van der Waals surface area contributed by atoms with Crippen molar-refractivity contribution in [3.05, 3.63) is 101 Å². The maximum Gasteiger partial charge on any atom is 0.324 e. The van der Waals surface area contributed by atoms with Crippen molar-refractivity contribution >= 4 is 34.2 Å². The van der Waals surface area contributed by atoms with Crippen molar-refractivity contribution < 1.29 is 9.59 Å². The smallest absolute Gasteiger partial charge is 0.317 e. The molecule has 0 radical (unpaired) electrons. The van der Waals surface area contributed by atoms with E-state index in [4.69, 9.17) is 5.10 Å².